The summed E-state index contributed by atoms with van der Waals surface area (Å²) < 4.78 is 5.30. The number of carboxylic acids is 1. The van der Waals surface area contributed by atoms with Crippen LogP contribution in [-0.2, 0) is 6.42 Å². The van der Waals surface area contributed by atoms with Crippen LogP contribution < -0.4 is 9.64 Å². The lowest BCUT2D eigenvalue weighted by Gasteiger charge is -2.38. The molecule has 0 spiro atoms. The number of anilines is 1. The van der Waals surface area contributed by atoms with Crippen LogP contribution in [-0.4, -0.2) is 65.6 Å². The molecule has 31 heavy (non-hydrogen) atoms. The van der Waals surface area contributed by atoms with E-state index in [1.807, 2.05) is 23.1 Å². The number of methoxy groups -OCH3 is 1. The Bertz CT molecular complexity index is 1110. The van der Waals surface area contributed by atoms with Gasteiger partial charge in [-0.05, 0) is 35.9 Å². The first-order valence-electron chi connectivity index (χ1n) is 9.91. The van der Waals surface area contributed by atoms with Gasteiger partial charge in [0.25, 0.3) is 0 Å². The van der Waals surface area contributed by atoms with E-state index >= 15 is 0 Å². The SMILES string of the molecule is COc1ccc(Cl)c(N2CCN(C(O)Cc3c(C(=O)O)[nH]c4ccc(Cl)cc34)CC2)c1. The van der Waals surface area contributed by atoms with Gasteiger partial charge in [0.1, 0.15) is 17.7 Å². The van der Waals surface area contributed by atoms with E-state index in [9.17, 15) is 15.0 Å². The van der Waals surface area contributed by atoms with E-state index in [4.69, 9.17) is 27.9 Å². The number of fused-ring (bicyclic) bond motifs is 1. The summed E-state index contributed by atoms with van der Waals surface area (Å²) in [6.45, 7) is 2.57. The van der Waals surface area contributed by atoms with Crippen LogP contribution in [0.1, 0.15) is 16.1 Å². The highest BCUT2D eigenvalue weighted by Gasteiger charge is 2.27. The number of nitrogens with one attached hydrogen (secondary N) is 1. The molecule has 1 aliphatic rings. The number of nitrogens with zero attached hydrogens (tertiary/aromatic N) is 2. The number of carbonyl (C=O) groups is 1. The number of hydrogen-bond acceptors (Lipinski definition) is 5. The van der Waals surface area contributed by atoms with Gasteiger partial charge in [-0.15, -0.1) is 0 Å². The smallest absolute Gasteiger partial charge is 0.352 e. The number of piperazine rings is 1. The molecule has 3 N–H and O–H groups in total. The minimum atomic E-state index is -1.06. The topological polar surface area (TPSA) is 89.0 Å². The Morgan fingerprint density at radius 3 is 2.58 bits per heavy atom. The van der Waals surface area contributed by atoms with Crippen molar-refractivity contribution in [1.82, 2.24) is 9.88 Å². The molecular formula is C22H23Cl2N3O4. The lowest BCUT2D eigenvalue weighted by atomic mass is 10.1. The third-order valence-electron chi connectivity index (χ3n) is 5.70. The van der Waals surface area contributed by atoms with E-state index in [-0.39, 0.29) is 12.1 Å². The Morgan fingerprint density at radius 1 is 1.16 bits per heavy atom. The second-order valence-electron chi connectivity index (χ2n) is 7.50. The van der Waals surface area contributed by atoms with E-state index in [2.05, 4.69) is 9.88 Å². The fraction of sp³-hybridized carbons (Fsp3) is 0.318. The maximum absolute atomic E-state index is 11.7. The van der Waals surface area contributed by atoms with Crippen molar-refractivity contribution in [2.45, 2.75) is 12.6 Å². The highest BCUT2D eigenvalue weighted by molar-refractivity contribution is 6.33. The number of halogens is 2. The summed E-state index contributed by atoms with van der Waals surface area (Å²) in [6.07, 6.45) is -0.638. The summed E-state index contributed by atoms with van der Waals surface area (Å²) in [6, 6.07) is 10.7. The molecule has 2 heterocycles. The average Bonchev–Trinajstić information content (AvgIpc) is 3.12. The standard InChI is InChI=1S/C22H23Cl2N3O4/c1-31-14-3-4-17(24)19(11-14)26-6-8-27(9-7-26)20(28)12-16-15-10-13(23)2-5-18(15)25-21(16)22(29)30/h2-5,10-11,20,25,28H,6-9,12H2,1H3,(H,29,30). The number of aromatic amines is 1. The molecule has 1 unspecified atom stereocenters. The molecule has 1 saturated heterocycles. The van der Waals surface area contributed by atoms with Gasteiger partial charge >= 0.3 is 5.97 Å². The normalized spacial score (nSPS) is 15.9. The largest absolute Gasteiger partial charge is 0.497 e. The van der Waals surface area contributed by atoms with Crippen LogP contribution in [0.15, 0.2) is 36.4 Å². The summed E-state index contributed by atoms with van der Waals surface area (Å²) in [7, 11) is 1.62. The van der Waals surface area contributed by atoms with Gasteiger partial charge in [0.05, 0.1) is 17.8 Å². The van der Waals surface area contributed by atoms with Crippen molar-refractivity contribution in [3.8, 4) is 5.75 Å². The monoisotopic (exact) mass is 463 g/mol. The predicted molar refractivity (Wildman–Crippen MR) is 122 cm³/mol. The zero-order valence-corrected chi connectivity index (χ0v) is 18.5. The lowest BCUT2D eigenvalue weighted by Crippen LogP contribution is -2.51. The molecule has 0 radical (unpaired) electrons. The zero-order chi connectivity index (χ0) is 22.1. The second kappa shape index (κ2) is 8.96. The van der Waals surface area contributed by atoms with Gasteiger partial charge in [-0.1, -0.05) is 23.2 Å². The number of aliphatic hydroxyl groups excluding tert-OH is 1. The minimum absolute atomic E-state index is 0.0816. The number of carboxylic acid groups (broad SMARTS) is 1. The molecule has 1 fully saturated rings. The number of aromatic nitrogens is 1. The molecule has 164 valence electrons. The van der Waals surface area contributed by atoms with Crippen molar-refractivity contribution in [1.29, 1.82) is 0 Å². The van der Waals surface area contributed by atoms with Crippen LogP contribution in [0.3, 0.4) is 0 Å². The summed E-state index contributed by atoms with van der Waals surface area (Å²) in [4.78, 5) is 18.8. The van der Waals surface area contributed by atoms with Gasteiger partial charge in [0, 0.05) is 54.6 Å². The van der Waals surface area contributed by atoms with E-state index in [1.54, 1.807) is 25.3 Å². The Hall–Kier alpha value is -2.45. The summed E-state index contributed by atoms with van der Waals surface area (Å²) in [5.74, 6) is -0.326. The number of aromatic carboxylic acids is 1. The van der Waals surface area contributed by atoms with Crippen molar-refractivity contribution < 1.29 is 19.7 Å². The van der Waals surface area contributed by atoms with Crippen LogP contribution in [0.25, 0.3) is 10.9 Å². The van der Waals surface area contributed by atoms with E-state index in [0.29, 0.717) is 52.7 Å². The van der Waals surface area contributed by atoms with Crippen molar-refractivity contribution in [2.75, 3.05) is 38.2 Å². The quantitative estimate of drug-likeness (QED) is 0.514. The maximum atomic E-state index is 11.7. The number of rotatable bonds is 6. The first-order chi connectivity index (χ1) is 14.9. The Balaban J connectivity index is 1.49. The Labute approximate surface area is 189 Å². The number of hydrogen-bond donors (Lipinski definition) is 3. The fourth-order valence-corrected chi connectivity index (χ4v) is 4.46. The minimum Gasteiger partial charge on any atom is -0.497 e. The van der Waals surface area contributed by atoms with Crippen molar-refractivity contribution in [2.24, 2.45) is 0 Å². The van der Waals surface area contributed by atoms with Crippen LogP contribution in [0.4, 0.5) is 5.69 Å². The molecule has 0 amide bonds. The molecule has 0 saturated carbocycles. The van der Waals surface area contributed by atoms with Crippen molar-refractivity contribution in [3.63, 3.8) is 0 Å². The van der Waals surface area contributed by atoms with E-state index in [0.717, 1.165) is 11.4 Å². The van der Waals surface area contributed by atoms with Gasteiger partial charge in [0.15, 0.2) is 0 Å². The Kier molecular flexibility index (Phi) is 6.29. The number of aliphatic hydroxyl groups is 1. The molecule has 4 rings (SSSR count). The van der Waals surface area contributed by atoms with Crippen LogP contribution in [0.5, 0.6) is 5.75 Å². The van der Waals surface area contributed by atoms with Gasteiger partial charge in [-0.25, -0.2) is 4.79 Å². The van der Waals surface area contributed by atoms with Gasteiger partial charge in [-0.2, -0.15) is 0 Å². The third-order valence-corrected chi connectivity index (χ3v) is 6.25. The molecule has 2 aromatic carbocycles. The summed E-state index contributed by atoms with van der Waals surface area (Å²) in [5.41, 5.74) is 2.21. The van der Waals surface area contributed by atoms with Crippen molar-refractivity contribution in [3.05, 3.63) is 57.7 Å². The van der Waals surface area contributed by atoms with Crippen LogP contribution in [0.2, 0.25) is 10.0 Å². The molecule has 7 nitrogen and oxygen atoms in total. The number of ether oxygens (including phenoxy) is 1. The van der Waals surface area contributed by atoms with Crippen LogP contribution in [0, 0.1) is 0 Å². The predicted octanol–water partition coefficient (Wildman–Crippen LogP) is 3.86. The lowest BCUT2D eigenvalue weighted by molar-refractivity contribution is 0.00117. The fourth-order valence-electron chi connectivity index (χ4n) is 4.05. The third kappa shape index (κ3) is 4.45. The highest BCUT2D eigenvalue weighted by atomic mass is 35.5. The van der Waals surface area contributed by atoms with Gasteiger partial charge in [-0.3, -0.25) is 4.90 Å². The molecule has 3 aromatic rings. The van der Waals surface area contributed by atoms with Gasteiger partial charge < -0.3 is 24.8 Å². The average molecular weight is 464 g/mol. The molecule has 1 aliphatic heterocycles. The summed E-state index contributed by atoms with van der Waals surface area (Å²) >= 11 is 12.5. The number of H-pyrrole nitrogens is 1. The molecule has 1 aromatic heterocycles. The van der Waals surface area contributed by atoms with E-state index < -0.39 is 12.2 Å². The molecule has 0 aliphatic carbocycles. The van der Waals surface area contributed by atoms with Gasteiger partial charge in [0.2, 0.25) is 0 Å². The molecule has 0 bridgehead atoms. The second-order valence-corrected chi connectivity index (χ2v) is 8.34. The molecule has 9 heteroatoms. The first kappa shape index (κ1) is 21.8. The van der Waals surface area contributed by atoms with Crippen molar-refractivity contribution >= 4 is 45.8 Å². The molecule has 1 atom stereocenters. The maximum Gasteiger partial charge on any atom is 0.352 e. The molecular weight excluding hydrogens is 441 g/mol. The highest BCUT2D eigenvalue weighted by Crippen LogP contribution is 2.31. The van der Waals surface area contributed by atoms with E-state index in [1.165, 1.54) is 0 Å². The first-order valence-corrected chi connectivity index (χ1v) is 10.7. The number of benzene rings is 2. The Morgan fingerprint density at radius 2 is 1.90 bits per heavy atom. The summed E-state index contributed by atoms with van der Waals surface area (Å²) in [5, 5.41) is 22.4. The van der Waals surface area contributed by atoms with Crippen LogP contribution >= 0.6 is 23.2 Å². The zero-order valence-electron chi connectivity index (χ0n) is 16.9.